The third-order valence-electron chi connectivity index (χ3n) is 10.2. The Balaban J connectivity index is 1.22. The molecule has 0 bridgehead atoms. The maximum absolute atomic E-state index is 13.9. The summed E-state index contributed by atoms with van der Waals surface area (Å²) in [4.78, 5) is 31.0. The number of carbonyl (C=O) groups is 1. The maximum Gasteiger partial charge on any atom is 0.318 e. The van der Waals surface area contributed by atoms with Gasteiger partial charge in [0.2, 0.25) is 0 Å². The summed E-state index contributed by atoms with van der Waals surface area (Å²) in [5.41, 5.74) is 3.02. The standard InChI is InChI=1S/C36H42FN7O4/c1-25(37)34(45)44-18-17-42(21-27(44)9-13-38)33-30-10-16-41(32-20-28(48-24-46-2)19-26-7-3-4-8-29(26)32)22-31(30)39-35(40-33)47-23-36(11-12-36)43-14-5-6-15-43/h3-4,7-8,19-20,27H,1,5-6,9-12,14-18,21-24H2,2H3/t27-/m0/s1. The first-order chi connectivity index (χ1) is 23.4. The zero-order valence-corrected chi connectivity index (χ0v) is 27.5. The third kappa shape index (κ3) is 6.36. The zero-order valence-electron chi connectivity index (χ0n) is 27.5. The van der Waals surface area contributed by atoms with Gasteiger partial charge in [-0.05, 0) is 56.6 Å². The summed E-state index contributed by atoms with van der Waals surface area (Å²) < 4.78 is 31.4. The molecule has 1 atom stereocenters. The number of methoxy groups -OCH3 is 1. The Kier molecular flexibility index (Phi) is 9.07. The number of amides is 1. The number of piperazine rings is 1. The van der Waals surface area contributed by atoms with E-state index in [0.717, 1.165) is 71.8 Å². The number of nitrogens with zero attached hydrogens (tertiary/aromatic N) is 7. The number of likely N-dealkylation sites (tertiary alicyclic amines) is 1. The van der Waals surface area contributed by atoms with E-state index in [9.17, 15) is 14.4 Å². The molecule has 0 spiro atoms. The van der Waals surface area contributed by atoms with Crippen molar-refractivity contribution < 1.29 is 23.4 Å². The number of benzene rings is 2. The average Bonchev–Trinajstić information content (AvgIpc) is 3.69. The summed E-state index contributed by atoms with van der Waals surface area (Å²) in [5.74, 6) is -0.290. The van der Waals surface area contributed by atoms with Crippen molar-refractivity contribution in [2.45, 2.75) is 56.7 Å². The molecule has 4 heterocycles. The molecule has 1 amide bonds. The number of fused-ring (bicyclic) bond motifs is 2. The van der Waals surface area contributed by atoms with Crippen LogP contribution in [0.1, 0.15) is 43.4 Å². The molecule has 0 radical (unpaired) electrons. The number of aromatic nitrogens is 2. The lowest BCUT2D eigenvalue weighted by atomic mass is 10.0. The fourth-order valence-electron chi connectivity index (χ4n) is 7.49. The first-order valence-electron chi connectivity index (χ1n) is 16.8. The van der Waals surface area contributed by atoms with Crippen molar-refractivity contribution in [1.82, 2.24) is 19.8 Å². The van der Waals surface area contributed by atoms with Gasteiger partial charge in [-0.3, -0.25) is 9.69 Å². The quantitative estimate of drug-likeness (QED) is 0.215. The van der Waals surface area contributed by atoms with E-state index in [-0.39, 0.29) is 25.3 Å². The fraction of sp³-hybridized carbons (Fsp3) is 0.500. The maximum atomic E-state index is 13.9. The lowest BCUT2D eigenvalue weighted by Crippen LogP contribution is -2.55. The molecule has 4 aliphatic rings. The summed E-state index contributed by atoms with van der Waals surface area (Å²) in [6.45, 7) is 8.41. The average molecular weight is 656 g/mol. The van der Waals surface area contributed by atoms with Gasteiger partial charge >= 0.3 is 6.01 Å². The Morgan fingerprint density at radius 2 is 1.90 bits per heavy atom. The molecule has 1 aliphatic carbocycles. The number of ether oxygens (including phenoxy) is 3. The van der Waals surface area contributed by atoms with Crippen molar-refractivity contribution in [2.24, 2.45) is 0 Å². The van der Waals surface area contributed by atoms with Crippen LogP contribution in [0.2, 0.25) is 0 Å². The topological polar surface area (TPSA) is 107 Å². The van der Waals surface area contributed by atoms with Crippen molar-refractivity contribution in [3.63, 3.8) is 0 Å². The molecule has 7 rings (SSSR count). The molecule has 0 N–H and O–H groups in total. The fourth-order valence-corrected chi connectivity index (χ4v) is 7.49. The largest absolute Gasteiger partial charge is 0.467 e. The minimum atomic E-state index is -1.02. The molecule has 1 saturated carbocycles. The molecule has 12 heteroatoms. The molecule has 3 fully saturated rings. The van der Waals surface area contributed by atoms with Crippen LogP contribution in [-0.4, -0.2) is 97.0 Å². The van der Waals surface area contributed by atoms with Crippen LogP contribution < -0.4 is 19.3 Å². The van der Waals surface area contributed by atoms with Gasteiger partial charge in [-0.15, -0.1) is 0 Å². The normalized spacial score (nSPS) is 20.4. The molecule has 11 nitrogen and oxygen atoms in total. The molecular weight excluding hydrogens is 613 g/mol. The van der Waals surface area contributed by atoms with Crippen LogP contribution in [0.4, 0.5) is 15.9 Å². The molecule has 2 aromatic carbocycles. The number of nitriles is 1. The molecule has 48 heavy (non-hydrogen) atoms. The Labute approximate surface area is 280 Å². The van der Waals surface area contributed by atoms with E-state index < -0.39 is 17.8 Å². The second-order valence-electron chi connectivity index (χ2n) is 13.2. The van der Waals surface area contributed by atoms with Gasteiger partial charge in [0, 0.05) is 56.0 Å². The number of carbonyl (C=O) groups excluding carboxylic acids is 1. The van der Waals surface area contributed by atoms with Gasteiger partial charge in [0.25, 0.3) is 5.91 Å². The lowest BCUT2D eigenvalue weighted by Gasteiger charge is -2.42. The number of hydrogen-bond donors (Lipinski definition) is 0. The van der Waals surface area contributed by atoms with Gasteiger partial charge < -0.3 is 28.9 Å². The first-order valence-corrected chi connectivity index (χ1v) is 16.8. The zero-order chi connectivity index (χ0) is 33.3. The highest BCUT2D eigenvalue weighted by Crippen LogP contribution is 2.44. The summed E-state index contributed by atoms with van der Waals surface area (Å²) in [6, 6.07) is 14.4. The van der Waals surface area contributed by atoms with Crippen LogP contribution in [0, 0.1) is 11.3 Å². The minimum Gasteiger partial charge on any atom is -0.467 e. The smallest absolute Gasteiger partial charge is 0.318 e. The van der Waals surface area contributed by atoms with E-state index in [1.807, 2.05) is 18.2 Å². The third-order valence-corrected chi connectivity index (χ3v) is 10.2. The van der Waals surface area contributed by atoms with Crippen molar-refractivity contribution >= 4 is 28.2 Å². The number of halogens is 1. The van der Waals surface area contributed by atoms with E-state index in [1.165, 1.54) is 17.7 Å². The number of hydrogen-bond acceptors (Lipinski definition) is 10. The Bertz CT molecular complexity index is 1740. The van der Waals surface area contributed by atoms with E-state index in [1.54, 1.807) is 7.11 Å². The van der Waals surface area contributed by atoms with Crippen LogP contribution in [0.25, 0.3) is 10.8 Å². The first kappa shape index (κ1) is 32.1. The predicted octanol–water partition coefficient (Wildman–Crippen LogP) is 4.60. The van der Waals surface area contributed by atoms with Crippen molar-refractivity contribution in [1.29, 1.82) is 5.26 Å². The van der Waals surface area contributed by atoms with E-state index in [2.05, 4.69) is 45.5 Å². The second kappa shape index (κ2) is 13.6. The van der Waals surface area contributed by atoms with E-state index in [0.29, 0.717) is 38.7 Å². The molecule has 3 aromatic rings. The van der Waals surface area contributed by atoms with E-state index in [4.69, 9.17) is 24.2 Å². The summed E-state index contributed by atoms with van der Waals surface area (Å²) in [6.07, 6.45) is 5.42. The SMILES string of the molecule is C=C(F)C(=O)N1CCN(c2nc(OCC3(N4CCCC4)CC3)nc3c2CCN(c2cc(OCOC)cc4ccccc24)C3)C[C@@H]1CC#N. The summed E-state index contributed by atoms with van der Waals surface area (Å²) in [7, 11) is 1.61. The number of rotatable bonds is 11. The Morgan fingerprint density at radius 1 is 1.08 bits per heavy atom. The highest BCUT2D eigenvalue weighted by Gasteiger charge is 2.49. The van der Waals surface area contributed by atoms with Crippen LogP contribution in [0.5, 0.6) is 11.8 Å². The second-order valence-corrected chi connectivity index (χ2v) is 13.2. The van der Waals surface area contributed by atoms with Crippen molar-refractivity contribution in [3.05, 3.63) is 60.1 Å². The molecular formula is C36H42FN7O4. The molecule has 2 saturated heterocycles. The van der Waals surface area contributed by atoms with Crippen molar-refractivity contribution in [3.8, 4) is 17.8 Å². The van der Waals surface area contributed by atoms with Crippen LogP contribution in [-0.2, 0) is 22.5 Å². The van der Waals surface area contributed by atoms with Crippen LogP contribution >= 0.6 is 0 Å². The van der Waals surface area contributed by atoms with Gasteiger partial charge in [0.15, 0.2) is 12.6 Å². The molecule has 252 valence electrons. The number of anilines is 2. The molecule has 1 aromatic heterocycles. The highest BCUT2D eigenvalue weighted by molar-refractivity contribution is 5.96. The van der Waals surface area contributed by atoms with Gasteiger partial charge in [-0.2, -0.15) is 15.2 Å². The van der Waals surface area contributed by atoms with Gasteiger partial charge in [0.1, 0.15) is 18.2 Å². The minimum absolute atomic E-state index is 0.0577. The Hall–Kier alpha value is -4.47. The van der Waals surface area contributed by atoms with Crippen molar-refractivity contribution in [2.75, 3.05) is 69.6 Å². The van der Waals surface area contributed by atoms with Gasteiger partial charge in [-0.1, -0.05) is 30.8 Å². The van der Waals surface area contributed by atoms with Gasteiger partial charge in [-0.25, -0.2) is 4.39 Å². The predicted molar refractivity (Wildman–Crippen MR) is 180 cm³/mol. The summed E-state index contributed by atoms with van der Waals surface area (Å²) >= 11 is 0. The molecule has 3 aliphatic heterocycles. The van der Waals surface area contributed by atoms with E-state index >= 15 is 0 Å². The summed E-state index contributed by atoms with van der Waals surface area (Å²) in [5, 5.41) is 11.8. The van der Waals surface area contributed by atoms with Gasteiger partial charge in [0.05, 0.1) is 36.3 Å². The molecule has 0 unspecified atom stereocenters. The Morgan fingerprint density at radius 3 is 2.65 bits per heavy atom. The van der Waals surface area contributed by atoms with Crippen LogP contribution in [0.3, 0.4) is 0 Å². The monoisotopic (exact) mass is 655 g/mol. The van der Waals surface area contributed by atoms with Crippen LogP contribution in [0.15, 0.2) is 48.8 Å². The lowest BCUT2D eigenvalue weighted by molar-refractivity contribution is -0.131. The highest BCUT2D eigenvalue weighted by atomic mass is 19.1.